The molecular formula is C22H25F2N3O3S. The second-order valence-corrected chi connectivity index (χ2v) is 9.86. The summed E-state index contributed by atoms with van der Waals surface area (Å²) < 4.78 is 54.3. The number of sulfonamides is 1. The molecule has 0 aromatic heterocycles. The van der Waals surface area contributed by atoms with Crippen molar-refractivity contribution in [3.63, 3.8) is 0 Å². The summed E-state index contributed by atoms with van der Waals surface area (Å²) in [6.45, 7) is 2.44. The highest BCUT2D eigenvalue weighted by Gasteiger charge is 2.36. The monoisotopic (exact) mass is 449 g/mol. The smallest absolute Gasteiger partial charge is 0.243 e. The molecule has 6 nitrogen and oxygen atoms in total. The summed E-state index contributed by atoms with van der Waals surface area (Å²) in [5, 5.41) is 0. The first kappa shape index (κ1) is 21.7. The number of hydrogen-bond acceptors (Lipinski definition) is 4. The number of carbonyl (C=O) groups excluding carboxylic acids is 1. The zero-order valence-corrected chi connectivity index (χ0v) is 17.9. The van der Waals surface area contributed by atoms with Gasteiger partial charge in [0.15, 0.2) is 0 Å². The molecule has 1 atom stereocenters. The third kappa shape index (κ3) is 4.57. The van der Waals surface area contributed by atoms with Crippen molar-refractivity contribution < 1.29 is 22.0 Å². The third-order valence-electron chi connectivity index (χ3n) is 5.97. The fourth-order valence-electron chi connectivity index (χ4n) is 4.25. The predicted octanol–water partition coefficient (Wildman–Crippen LogP) is 2.71. The lowest BCUT2D eigenvalue weighted by Crippen LogP contribution is -2.53. The molecule has 0 N–H and O–H groups in total. The molecule has 0 bridgehead atoms. The number of hydrogen-bond donors (Lipinski definition) is 0. The lowest BCUT2D eigenvalue weighted by atomic mass is 9.97. The van der Waals surface area contributed by atoms with E-state index >= 15 is 0 Å². The Labute approximate surface area is 181 Å². The Hall–Kier alpha value is -2.52. The van der Waals surface area contributed by atoms with Gasteiger partial charge in [0.05, 0.1) is 16.5 Å². The molecule has 31 heavy (non-hydrogen) atoms. The molecule has 0 saturated carbocycles. The van der Waals surface area contributed by atoms with Crippen LogP contribution in [0.1, 0.15) is 12.8 Å². The molecule has 2 saturated heterocycles. The minimum absolute atomic E-state index is 0.0282. The lowest BCUT2D eigenvalue weighted by Gasteiger charge is -2.39. The first-order chi connectivity index (χ1) is 14.9. The van der Waals surface area contributed by atoms with Crippen LogP contribution in [0.4, 0.5) is 14.5 Å². The van der Waals surface area contributed by atoms with Crippen molar-refractivity contribution in [3.8, 4) is 0 Å². The van der Waals surface area contributed by atoms with Gasteiger partial charge in [-0.25, -0.2) is 17.2 Å². The van der Waals surface area contributed by atoms with Crippen LogP contribution in [0.5, 0.6) is 0 Å². The number of rotatable bonds is 4. The Morgan fingerprint density at radius 1 is 0.903 bits per heavy atom. The number of anilines is 1. The molecule has 0 aliphatic carbocycles. The number of para-hydroxylation sites is 1. The molecule has 2 aromatic carbocycles. The fraction of sp³-hybridized carbons (Fsp3) is 0.409. The predicted molar refractivity (Wildman–Crippen MR) is 113 cm³/mol. The Bertz CT molecular complexity index is 1040. The highest BCUT2D eigenvalue weighted by Crippen LogP contribution is 2.26. The van der Waals surface area contributed by atoms with Gasteiger partial charge in [0.25, 0.3) is 0 Å². The van der Waals surface area contributed by atoms with E-state index in [1.165, 1.54) is 22.5 Å². The molecule has 2 fully saturated rings. The normalized spacial score (nSPS) is 20.6. The van der Waals surface area contributed by atoms with Gasteiger partial charge in [-0.3, -0.25) is 4.79 Å². The second-order valence-electron chi connectivity index (χ2n) is 7.92. The largest absolute Gasteiger partial charge is 0.366 e. The number of halogens is 2. The van der Waals surface area contributed by atoms with Crippen molar-refractivity contribution in [2.45, 2.75) is 17.7 Å². The van der Waals surface area contributed by atoms with E-state index in [0.29, 0.717) is 51.3 Å². The minimum Gasteiger partial charge on any atom is -0.366 e. The number of nitrogens with zero attached hydrogens (tertiary/aromatic N) is 3. The van der Waals surface area contributed by atoms with Crippen molar-refractivity contribution in [2.75, 3.05) is 44.2 Å². The molecule has 166 valence electrons. The van der Waals surface area contributed by atoms with E-state index in [4.69, 9.17) is 0 Å². The zero-order chi connectivity index (χ0) is 22.0. The van der Waals surface area contributed by atoms with Crippen LogP contribution in [0.3, 0.4) is 0 Å². The van der Waals surface area contributed by atoms with Gasteiger partial charge in [0.2, 0.25) is 15.9 Å². The Morgan fingerprint density at radius 2 is 1.58 bits per heavy atom. The Morgan fingerprint density at radius 3 is 2.26 bits per heavy atom. The van der Waals surface area contributed by atoms with Gasteiger partial charge >= 0.3 is 0 Å². The van der Waals surface area contributed by atoms with E-state index in [2.05, 4.69) is 0 Å². The highest BCUT2D eigenvalue weighted by molar-refractivity contribution is 7.89. The van der Waals surface area contributed by atoms with Gasteiger partial charge < -0.3 is 9.80 Å². The molecule has 2 aliphatic rings. The number of piperazine rings is 1. The quantitative estimate of drug-likeness (QED) is 0.720. The zero-order valence-electron chi connectivity index (χ0n) is 17.1. The van der Waals surface area contributed by atoms with Crippen LogP contribution in [0.15, 0.2) is 53.4 Å². The standard InChI is InChI=1S/C22H25F2N3O3S/c23-18-7-9-19(10-8-18)31(29,30)27-11-3-4-17(16-27)22(28)26-14-12-25(13-15-26)21-6-2-1-5-20(21)24/h1-2,5-10,17H,3-4,11-16H2/t17-/m0/s1. The van der Waals surface area contributed by atoms with E-state index in [-0.39, 0.29) is 23.2 Å². The first-order valence-corrected chi connectivity index (χ1v) is 11.8. The van der Waals surface area contributed by atoms with Crippen molar-refractivity contribution in [3.05, 3.63) is 60.2 Å². The summed E-state index contributed by atoms with van der Waals surface area (Å²) in [5.74, 6) is -1.26. The summed E-state index contributed by atoms with van der Waals surface area (Å²) >= 11 is 0. The second kappa shape index (κ2) is 8.92. The first-order valence-electron chi connectivity index (χ1n) is 10.4. The topological polar surface area (TPSA) is 60.9 Å². The maximum absolute atomic E-state index is 14.0. The van der Waals surface area contributed by atoms with Crippen LogP contribution in [-0.2, 0) is 14.8 Å². The van der Waals surface area contributed by atoms with Gasteiger partial charge in [-0.05, 0) is 49.2 Å². The molecule has 9 heteroatoms. The number of carbonyl (C=O) groups is 1. The summed E-state index contributed by atoms with van der Waals surface area (Å²) in [4.78, 5) is 16.8. The maximum Gasteiger partial charge on any atom is 0.243 e. The van der Waals surface area contributed by atoms with Gasteiger partial charge in [0.1, 0.15) is 11.6 Å². The van der Waals surface area contributed by atoms with E-state index in [9.17, 15) is 22.0 Å². The van der Waals surface area contributed by atoms with Gasteiger partial charge in [-0.15, -0.1) is 0 Å². The van der Waals surface area contributed by atoms with Gasteiger partial charge in [-0.1, -0.05) is 12.1 Å². The summed E-state index contributed by atoms with van der Waals surface area (Å²) in [6.07, 6.45) is 1.22. The van der Waals surface area contributed by atoms with Crippen molar-refractivity contribution >= 4 is 21.6 Å². The summed E-state index contributed by atoms with van der Waals surface area (Å²) in [6, 6.07) is 11.3. The molecule has 4 rings (SSSR count). The number of amides is 1. The highest BCUT2D eigenvalue weighted by atomic mass is 32.2. The van der Waals surface area contributed by atoms with Crippen LogP contribution < -0.4 is 4.90 Å². The fourth-order valence-corrected chi connectivity index (χ4v) is 5.78. The lowest BCUT2D eigenvalue weighted by molar-refractivity contribution is -0.137. The van der Waals surface area contributed by atoms with Crippen molar-refractivity contribution in [2.24, 2.45) is 5.92 Å². The van der Waals surface area contributed by atoms with Crippen LogP contribution in [0.2, 0.25) is 0 Å². The summed E-state index contributed by atoms with van der Waals surface area (Å²) in [7, 11) is -3.78. The van der Waals surface area contributed by atoms with E-state index < -0.39 is 21.8 Å². The molecule has 0 radical (unpaired) electrons. The summed E-state index contributed by atoms with van der Waals surface area (Å²) in [5.41, 5.74) is 0.531. The Balaban J connectivity index is 1.39. The average molecular weight is 450 g/mol. The molecule has 2 heterocycles. The Kier molecular flexibility index (Phi) is 6.24. The number of piperidine rings is 1. The van der Waals surface area contributed by atoms with Crippen molar-refractivity contribution in [1.82, 2.24) is 9.21 Å². The molecule has 0 spiro atoms. The van der Waals surface area contributed by atoms with Crippen LogP contribution in [-0.4, -0.2) is 62.8 Å². The van der Waals surface area contributed by atoms with Crippen LogP contribution >= 0.6 is 0 Å². The van der Waals surface area contributed by atoms with Crippen LogP contribution in [0.25, 0.3) is 0 Å². The maximum atomic E-state index is 14.0. The van der Waals surface area contributed by atoms with E-state index in [1.807, 2.05) is 4.90 Å². The SMILES string of the molecule is O=C([C@H]1CCCN(S(=O)(=O)c2ccc(F)cc2)C1)N1CCN(c2ccccc2F)CC1. The molecule has 2 aromatic rings. The minimum atomic E-state index is -3.78. The van der Waals surface area contributed by atoms with E-state index in [0.717, 1.165) is 12.1 Å². The molecule has 1 amide bonds. The average Bonchev–Trinajstić information content (AvgIpc) is 2.79. The van der Waals surface area contributed by atoms with Crippen molar-refractivity contribution in [1.29, 1.82) is 0 Å². The van der Waals surface area contributed by atoms with Crippen LogP contribution in [0, 0.1) is 17.6 Å². The van der Waals surface area contributed by atoms with Gasteiger partial charge in [-0.2, -0.15) is 4.31 Å². The third-order valence-corrected chi connectivity index (χ3v) is 7.85. The molecule has 0 unspecified atom stereocenters. The molecule has 2 aliphatic heterocycles. The number of benzene rings is 2. The van der Waals surface area contributed by atoms with E-state index in [1.54, 1.807) is 23.1 Å². The van der Waals surface area contributed by atoms with Gasteiger partial charge in [0, 0.05) is 39.3 Å². The molecular weight excluding hydrogens is 424 g/mol.